The van der Waals surface area contributed by atoms with Gasteiger partial charge >= 0.3 is 0 Å². The molecule has 150 valence electrons. The Hall–Kier alpha value is -2.73. The minimum absolute atomic E-state index is 0.625. The predicted octanol–water partition coefficient (Wildman–Crippen LogP) is 2.85. The van der Waals surface area contributed by atoms with E-state index in [1.54, 1.807) is 14.2 Å². The lowest BCUT2D eigenvalue weighted by Crippen LogP contribution is -2.45. The van der Waals surface area contributed by atoms with Crippen LogP contribution >= 0.6 is 0 Å². The number of benzene rings is 2. The van der Waals surface area contributed by atoms with E-state index >= 15 is 0 Å². The summed E-state index contributed by atoms with van der Waals surface area (Å²) in [6.45, 7) is 3.67. The third-order valence-electron chi connectivity index (χ3n) is 4.87. The number of aliphatic imine (C=N–C) groups is 1. The fourth-order valence-electron chi connectivity index (χ4n) is 3.40. The summed E-state index contributed by atoms with van der Waals surface area (Å²) in [7, 11) is 5.16. The zero-order valence-corrected chi connectivity index (χ0v) is 16.9. The standard InChI is InChI=1S/C22H29N3O3/c1-23-22(24-10-12-28-16-17-7-5-4-6-8-17)25-11-9-18-13-20(26-2)21(27-3)14-19(18)15-25/h4-8,13-14H,9-12,15-16H2,1-3H3,(H,23,24). The topological polar surface area (TPSA) is 55.3 Å². The molecule has 1 aliphatic heterocycles. The fourth-order valence-corrected chi connectivity index (χ4v) is 3.40. The smallest absolute Gasteiger partial charge is 0.194 e. The van der Waals surface area contributed by atoms with Crippen LogP contribution in [0.15, 0.2) is 47.5 Å². The van der Waals surface area contributed by atoms with Crippen LogP contribution in [-0.4, -0.2) is 51.8 Å². The molecule has 1 N–H and O–H groups in total. The van der Waals surface area contributed by atoms with E-state index in [1.807, 2.05) is 25.2 Å². The summed E-state index contributed by atoms with van der Waals surface area (Å²) >= 11 is 0. The van der Waals surface area contributed by atoms with Crippen molar-refractivity contribution < 1.29 is 14.2 Å². The average molecular weight is 383 g/mol. The van der Waals surface area contributed by atoms with E-state index in [0.29, 0.717) is 13.2 Å². The number of rotatable bonds is 7. The molecule has 6 nitrogen and oxygen atoms in total. The number of nitrogens with zero attached hydrogens (tertiary/aromatic N) is 2. The molecule has 28 heavy (non-hydrogen) atoms. The lowest BCUT2D eigenvalue weighted by Gasteiger charge is -2.32. The molecule has 0 aromatic heterocycles. The molecule has 0 spiro atoms. The third kappa shape index (κ3) is 4.95. The molecular formula is C22H29N3O3. The SMILES string of the molecule is CN=C(NCCOCc1ccccc1)N1CCc2cc(OC)c(OC)cc2C1. The Morgan fingerprint density at radius 3 is 2.46 bits per heavy atom. The number of hydrogen-bond acceptors (Lipinski definition) is 4. The van der Waals surface area contributed by atoms with Crippen LogP contribution in [0.5, 0.6) is 11.5 Å². The molecule has 0 unspecified atom stereocenters. The summed E-state index contributed by atoms with van der Waals surface area (Å²) in [6, 6.07) is 14.4. The first kappa shape index (κ1) is 20.0. The molecule has 0 amide bonds. The van der Waals surface area contributed by atoms with Gasteiger partial charge < -0.3 is 24.4 Å². The Kier molecular flexibility index (Phi) is 7.14. The van der Waals surface area contributed by atoms with Crippen molar-refractivity contribution in [3.63, 3.8) is 0 Å². The minimum Gasteiger partial charge on any atom is -0.493 e. The van der Waals surface area contributed by atoms with Gasteiger partial charge in [0.2, 0.25) is 0 Å². The molecule has 6 heteroatoms. The van der Waals surface area contributed by atoms with Crippen molar-refractivity contribution in [3.8, 4) is 11.5 Å². The molecule has 1 heterocycles. The van der Waals surface area contributed by atoms with Gasteiger partial charge in [-0.2, -0.15) is 0 Å². The predicted molar refractivity (Wildman–Crippen MR) is 111 cm³/mol. The van der Waals surface area contributed by atoms with Gasteiger partial charge in [-0.3, -0.25) is 4.99 Å². The van der Waals surface area contributed by atoms with Gasteiger partial charge in [0.25, 0.3) is 0 Å². The van der Waals surface area contributed by atoms with E-state index in [4.69, 9.17) is 14.2 Å². The van der Waals surface area contributed by atoms with Crippen LogP contribution in [0.4, 0.5) is 0 Å². The van der Waals surface area contributed by atoms with Crippen molar-refractivity contribution in [2.45, 2.75) is 19.6 Å². The quantitative estimate of drug-likeness (QED) is 0.453. The Morgan fingerprint density at radius 2 is 1.79 bits per heavy atom. The molecular weight excluding hydrogens is 354 g/mol. The average Bonchev–Trinajstić information content (AvgIpc) is 2.75. The largest absolute Gasteiger partial charge is 0.493 e. The van der Waals surface area contributed by atoms with Gasteiger partial charge in [-0.25, -0.2) is 0 Å². The first-order valence-electron chi connectivity index (χ1n) is 9.56. The van der Waals surface area contributed by atoms with Gasteiger partial charge in [0.05, 0.1) is 27.4 Å². The van der Waals surface area contributed by atoms with Crippen molar-refractivity contribution in [1.82, 2.24) is 10.2 Å². The number of guanidine groups is 1. The highest BCUT2D eigenvalue weighted by atomic mass is 16.5. The van der Waals surface area contributed by atoms with Gasteiger partial charge in [0, 0.05) is 26.7 Å². The van der Waals surface area contributed by atoms with Gasteiger partial charge in [-0.1, -0.05) is 30.3 Å². The minimum atomic E-state index is 0.625. The Bertz CT molecular complexity index is 793. The zero-order valence-electron chi connectivity index (χ0n) is 16.9. The van der Waals surface area contributed by atoms with Gasteiger partial charge in [0.15, 0.2) is 17.5 Å². The summed E-state index contributed by atoms with van der Waals surface area (Å²) in [5.41, 5.74) is 3.73. The summed E-state index contributed by atoms with van der Waals surface area (Å²) in [6.07, 6.45) is 0.945. The van der Waals surface area contributed by atoms with E-state index in [0.717, 1.165) is 43.5 Å². The van der Waals surface area contributed by atoms with Crippen LogP contribution in [0.3, 0.4) is 0 Å². The zero-order chi connectivity index (χ0) is 19.8. The maximum atomic E-state index is 5.75. The number of hydrogen-bond donors (Lipinski definition) is 1. The summed E-state index contributed by atoms with van der Waals surface area (Å²) in [5.74, 6) is 2.44. The number of nitrogens with one attached hydrogen (secondary N) is 1. The van der Waals surface area contributed by atoms with Crippen molar-refractivity contribution in [2.75, 3.05) is 41.0 Å². The summed E-state index contributed by atoms with van der Waals surface area (Å²) in [4.78, 5) is 6.69. The highest BCUT2D eigenvalue weighted by Crippen LogP contribution is 2.33. The lowest BCUT2D eigenvalue weighted by atomic mass is 9.99. The van der Waals surface area contributed by atoms with E-state index < -0.39 is 0 Å². The molecule has 0 saturated heterocycles. The van der Waals surface area contributed by atoms with E-state index in [9.17, 15) is 0 Å². The van der Waals surface area contributed by atoms with Crippen molar-refractivity contribution in [1.29, 1.82) is 0 Å². The summed E-state index contributed by atoms with van der Waals surface area (Å²) in [5, 5.41) is 3.40. The first-order valence-corrected chi connectivity index (χ1v) is 9.56. The van der Waals surface area contributed by atoms with Crippen LogP contribution in [0, 0.1) is 0 Å². The van der Waals surface area contributed by atoms with E-state index in [-0.39, 0.29) is 0 Å². The van der Waals surface area contributed by atoms with Crippen molar-refractivity contribution >= 4 is 5.96 Å². The molecule has 0 atom stereocenters. The van der Waals surface area contributed by atoms with Crippen LogP contribution < -0.4 is 14.8 Å². The maximum Gasteiger partial charge on any atom is 0.194 e. The Morgan fingerprint density at radius 1 is 1.07 bits per heavy atom. The molecule has 0 saturated carbocycles. The Balaban J connectivity index is 1.51. The molecule has 2 aromatic rings. The molecule has 3 rings (SSSR count). The number of fused-ring (bicyclic) bond motifs is 1. The van der Waals surface area contributed by atoms with Crippen LogP contribution in [0.1, 0.15) is 16.7 Å². The lowest BCUT2D eigenvalue weighted by molar-refractivity contribution is 0.125. The van der Waals surface area contributed by atoms with E-state index in [1.165, 1.54) is 16.7 Å². The van der Waals surface area contributed by atoms with Crippen LogP contribution in [0.2, 0.25) is 0 Å². The monoisotopic (exact) mass is 383 g/mol. The van der Waals surface area contributed by atoms with Gasteiger partial charge in [-0.05, 0) is 35.2 Å². The molecule has 2 aromatic carbocycles. The molecule has 0 radical (unpaired) electrons. The second kappa shape index (κ2) is 9.99. The Labute approximate surface area is 167 Å². The highest BCUT2D eigenvalue weighted by Gasteiger charge is 2.21. The second-order valence-electron chi connectivity index (χ2n) is 6.66. The van der Waals surface area contributed by atoms with Crippen molar-refractivity contribution in [2.24, 2.45) is 4.99 Å². The molecule has 1 aliphatic rings. The van der Waals surface area contributed by atoms with Crippen LogP contribution in [0.25, 0.3) is 0 Å². The second-order valence-corrected chi connectivity index (χ2v) is 6.66. The first-order chi connectivity index (χ1) is 13.7. The van der Waals surface area contributed by atoms with Gasteiger partial charge in [0.1, 0.15) is 0 Å². The van der Waals surface area contributed by atoms with Crippen molar-refractivity contribution in [3.05, 3.63) is 59.2 Å². The highest BCUT2D eigenvalue weighted by molar-refractivity contribution is 5.80. The van der Waals surface area contributed by atoms with E-state index in [2.05, 4.69) is 39.5 Å². The van der Waals surface area contributed by atoms with Gasteiger partial charge in [-0.15, -0.1) is 0 Å². The number of methoxy groups -OCH3 is 2. The maximum absolute atomic E-state index is 5.75. The van der Waals surface area contributed by atoms with Crippen LogP contribution in [-0.2, 0) is 24.3 Å². The molecule has 0 aliphatic carbocycles. The fraction of sp³-hybridized carbons (Fsp3) is 0.409. The summed E-state index contributed by atoms with van der Waals surface area (Å²) < 4.78 is 16.6. The molecule has 0 bridgehead atoms. The molecule has 0 fully saturated rings. The number of ether oxygens (including phenoxy) is 3. The third-order valence-corrected chi connectivity index (χ3v) is 4.87. The normalized spacial score (nSPS) is 13.8.